The van der Waals surface area contributed by atoms with Crippen LogP contribution in [-0.4, -0.2) is 12.6 Å². The summed E-state index contributed by atoms with van der Waals surface area (Å²) in [5.41, 5.74) is 8.23. The zero-order chi connectivity index (χ0) is 17.2. The topological polar surface area (TPSA) is 88.1 Å². The summed E-state index contributed by atoms with van der Waals surface area (Å²) < 4.78 is 5.11. The van der Waals surface area contributed by atoms with Gasteiger partial charge in [0.2, 0.25) is 0 Å². The third kappa shape index (κ3) is 5.71. The van der Waals surface area contributed by atoms with Gasteiger partial charge in [-0.05, 0) is 41.1 Å². The summed E-state index contributed by atoms with van der Waals surface area (Å²) >= 11 is 1.07. The third-order valence-corrected chi connectivity index (χ3v) is 3.68. The molecule has 0 spiro atoms. The van der Waals surface area contributed by atoms with E-state index in [-0.39, 0.29) is 6.61 Å². The Morgan fingerprint density at radius 1 is 1.29 bits per heavy atom. The maximum Gasteiger partial charge on any atom is 0.407 e. The summed E-state index contributed by atoms with van der Waals surface area (Å²) in [4.78, 5) is 12.4. The zero-order valence-corrected chi connectivity index (χ0v) is 13.8. The van der Waals surface area contributed by atoms with E-state index >= 15 is 0 Å². The number of nitrogen functional groups attached to an aromatic ring is 1. The van der Waals surface area contributed by atoms with Crippen molar-refractivity contribution in [3.8, 4) is 5.40 Å². The minimum Gasteiger partial charge on any atom is -0.445 e. The average Bonchev–Trinajstić information content (AvgIpc) is 2.60. The molecule has 6 heteroatoms. The number of carbonyl (C=O) groups is 1. The van der Waals surface area contributed by atoms with E-state index < -0.39 is 6.09 Å². The molecule has 0 fully saturated rings. The highest BCUT2D eigenvalue weighted by atomic mass is 32.2. The Balaban J connectivity index is 1.79. The van der Waals surface area contributed by atoms with Crippen molar-refractivity contribution in [1.29, 1.82) is 5.26 Å². The monoisotopic (exact) mass is 339 g/mol. The summed E-state index contributed by atoms with van der Waals surface area (Å²) in [5.74, 6) is 0. The Morgan fingerprint density at radius 2 is 2.08 bits per heavy atom. The van der Waals surface area contributed by atoms with Crippen molar-refractivity contribution in [3.05, 3.63) is 65.7 Å². The molecule has 2 rings (SSSR count). The van der Waals surface area contributed by atoms with E-state index in [9.17, 15) is 4.79 Å². The lowest BCUT2D eigenvalue weighted by molar-refractivity contribution is 0.141. The maximum absolute atomic E-state index is 11.6. The maximum atomic E-state index is 11.6. The number of thiocyanates is 1. The van der Waals surface area contributed by atoms with Crippen LogP contribution in [0.5, 0.6) is 0 Å². The molecule has 0 saturated heterocycles. The molecule has 3 N–H and O–H groups in total. The number of thioether (sulfide) groups is 1. The Labute approximate surface area is 145 Å². The first-order valence-electron chi connectivity index (χ1n) is 7.25. The first kappa shape index (κ1) is 17.4. The van der Waals surface area contributed by atoms with Crippen LogP contribution in [0.4, 0.5) is 10.5 Å². The van der Waals surface area contributed by atoms with Crippen molar-refractivity contribution < 1.29 is 9.53 Å². The van der Waals surface area contributed by atoms with Crippen LogP contribution in [0.15, 0.2) is 59.5 Å². The lowest BCUT2D eigenvalue weighted by atomic mass is 10.1. The molecule has 0 bridgehead atoms. The fourth-order valence-electron chi connectivity index (χ4n) is 1.92. The number of hydrogen-bond donors (Lipinski definition) is 2. The van der Waals surface area contributed by atoms with Crippen molar-refractivity contribution in [3.63, 3.8) is 0 Å². The number of nitrogens with one attached hydrogen (secondary N) is 1. The smallest absolute Gasteiger partial charge is 0.407 e. The van der Waals surface area contributed by atoms with Gasteiger partial charge in [-0.1, -0.05) is 42.5 Å². The number of amides is 1. The Morgan fingerprint density at radius 3 is 2.83 bits per heavy atom. The summed E-state index contributed by atoms with van der Waals surface area (Å²) in [7, 11) is 0. The number of ether oxygens (including phenoxy) is 1. The van der Waals surface area contributed by atoms with Crippen molar-refractivity contribution in [2.24, 2.45) is 0 Å². The van der Waals surface area contributed by atoms with E-state index in [0.717, 1.165) is 27.8 Å². The number of hydrogen-bond acceptors (Lipinski definition) is 5. The molecule has 0 heterocycles. The van der Waals surface area contributed by atoms with Gasteiger partial charge in [0.15, 0.2) is 0 Å². The average molecular weight is 339 g/mol. The second-order valence-corrected chi connectivity index (χ2v) is 5.69. The number of nitriles is 1. The zero-order valence-electron chi connectivity index (χ0n) is 12.9. The largest absolute Gasteiger partial charge is 0.445 e. The van der Waals surface area contributed by atoms with Gasteiger partial charge in [-0.2, -0.15) is 5.26 Å². The minimum atomic E-state index is -0.481. The van der Waals surface area contributed by atoms with E-state index in [1.54, 1.807) is 24.3 Å². The van der Waals surface area contributed by atoms with Gasteiger partial charge >= 0.3 is 6.09 Å². The van der Waals surface area contributed by atoms with Crippen molar-refractivity contribution in [1.82, 2.24) is 5.32 Å². The molecular formula is C18H17N3O2S. The Bertz CT molecular complexity index is 755. The van der Waals surface area contributed by atoms with Crippen LogP contribution in [0.1, 0.15) is 11.1 Å². The molecule has 0 saturated carbocycles. The van der Waals surface area contributed by atoms with Gasteiger partial charge in [-0.3, -0.25) is 0 Å². The molecule has 0 unspecified atom stereocenters. The van der Waals surface area contributed by atoms with Crippen LogP contribution >= 0.6 is 11.8 Å². The standard InChI is InChI=1S/C18H17N3O2S/c19-13-24-16-8-9-17(20)15(11-16)7-4-10-21-18(22)23-12-14-5-2-1-3-6-14/h1-9,11H,10,12,20H2,(H,21,22). The molecule has 1 amide bonds. The van der Waals surface area contributed by atoms with Crippen LogP contribution in [0.3, 0.4) is 0 Å². The van der Waals surface area contributed by atoms with Gasteiger partial charge in [-0.25, -0.2) is 4.79 Å². The predicted octanol–water partition coefficient (Wildman–Crippen LogP) is 3.78. The molecule has 5 nitrogen and oxygen atoms in total. The SMILES string of the molecule is N#CSc1ccc(N)c(C=CCNC(=O)OCc2ccccc2)c1. The molecule has 122 valence electrons. The number of nitrogens with two attached hydrogens (primary N) is 1. The molecule has 0 aliphatic carbocycles. The van der Waals surface area contributed by atoms with Gasteiger partial charge < -0.3 is 15.8 Å². The summed E-state index contributed by atoms with van der Waals surface area (Å²) in [6.45, 7) is 0.555. The number of carbonyl (C=O) groups excluding carboxylic acids is 1. The van der Waals surface area contributed by atoms with Crippen molar-refractivity contribution in [2.75, 3.05) is 12.3 Å². The molecule has 24 heavy (non-hydrogen) atoms. The van der Waals surface area contributed by atoms with Gasteiger partial charge in [-0.15, -0.1) is 0 Å². The summed E-state index contributed by atoms with van der Waals surface area (Å²) in [6.07, 6.45) is 3.09. The predicted molar refractivity (Wildman–Crippen MR) is 96.0 cm³/mol. The van der Waals surface area contributed by atoms with E-state index in [1.165, 1.54) is 0 Å². The number of alkyl carbamates (subject to hydrolysis) is 1. The minimum absolute atomic E-state index is 0.233. The van der Waals surface area contributed by atoms with Gasteiger partial charge in [0, 0.05) is 17.1 Å². The van der Waals surface area contributed by atoms with Crippen LogP contribution in [-0.2, 0) is 11.3 Å². The van der Waals surface area contributed by atoms with Crippen LogP contribution in [0, 0.1) is 10.7 Å². The molecule has 2 aromatic rings. The first-order chi connectivity index (χ1) is 11.7. The second-order valence-electron chi connectivity index (χ2n) is 4.83. The highest BCUT2D eigenvalue weighted by molar-refractivity contribution is 8.03. The highest BCUT2D eigenvalue weighted by Gasteiger charge is 2.01. The fraction of sp³-hybridized carbons (Fsp3) is 0.111. The number of anilines is 1. The Kier molecular flexibility index (Phi) is 6.74. The molecule has 0 aliphatic heterocycles. The van der Waals surface area contributed by atoms with Crippen LogP contribution in [0.25, 0.3) is 6.08 Å². The second kappa shape index (κ2) is 9.28. The molecule has 0 aromatic heterocycles. The summed E-state index contributed by atoms with van der Waals surface area (Å²) in [5, 5.41) is 13.3. The van der Waals surface area contributed by atoms with Crippen molar-refractivity contribution in [2.45, 2.75) is 11.5 Å². The molecule has 0 aliphatic rings. The van der Waals surface area contributed by atoms with E-state index in [2.05, 4.69) is 5.32 Å². The molecular weight excluding hydrogens is 322 g/mol. The Hall–Kier alpha value is -2.91. The molecule has 0 atom stereocenters. The van der Waals surface area contributed by atoms with E-state index in [4.69, 9.17) is 15.7 Å². The van der Waals surface area contributed by atoms with E-state index in [1.807, 2.05) is 41.8 Å². The fourth-order valence-corrected chi connectivity index (χ4v) is 2.34. The number of nitrogens with zero attached hydrogens (tertiary/aromatic N) is 1. The van der Waals surface area contributed by atoms with E-state index in [0.29, 0.717) is 12.2 Å². The molecule has 0 radical (unpaired) electrons. The van der Waals surface area contributed by atoms with Crippen LogP contribution < -0.4 is 11.1 Å². The third-order valence-electron chi connectivity index (χ3n) is 3.10. The van der Waals surface area contributed by atoms with Gasteiger partial charge in [0.05, 0.1) is 0 Å². The van der Waals surface area contributed by atoms with Crippen LogP contribution in [0.2, 0.25) is 0 Å². The lowest BCUT2D eigenvalue weighted by Crippen LogP contribution is -2.24. The van der Waals surface area contributed by atoms with Crippen molar-refractivity contribution >= 4 is 29.6 Å². The summed E-state index contributed by atoms with van der Waals surface area (Å²) in [6, 6.07) is 14.8. The quantitative estimate of drug-likeness (QED) is 0.475. The molecule has 2 aromatic carbocycles. The number of rotatable bonds is 6. The highest BCUT2D eigenvalue weighted by Crippen LogP contribution is 2.22. The lowest BCUT2D eigenvalue weighted by Gasteiger charge is -2.05. The first-order valence-corrected chi connectivity index (χ1v) is 8.07. The number of benzene rings is 2. The normalized spacial score (nSPS) is 10.3. The van der Waals surface area contributed by atoms with Gasteiger partial charge in [0.1, 0.15) is 12.0 Å². The van der Waals surface area contributed by atoms with Gasteiger partial charge in [0.25, 0.3) is 0 Å².